The van der Waals surface area contributed by atoms with E-state index < -0.39 is 0 Å². The number of carbonyl (C=O) groups is 1. The Morgan fingerprint density at radius 2 is 2.10 bits per heavy atom. The molecule has 21 heavy (non-hydrogen) atoms. The van der Waals surface area contributed by atoms with E-state index in [4.69, 9.17) is 9.47 Å². The standard InChI is InChI=1S/C17H23NO3/c1-2-20-17(19)18(11-13-6-4-3-5-7-13)12-14-8-9-15-16(10-14)21-15/h3-7,14-16H,2,8-12H2,1H3. The van der Waals surface area contributed by atoms with Crippen LogP contribution in [0.15, 0.2) is 30.3 Å². The highest BCUT2D eigenvalue weighted by Gasteiger charge is 2.44. The predicted octanol–water partition coefficient (Wildman–Crippen LogP) is 3.21. The van der Waals surface area contributed by atoms with Gasteiger partial charge >= 0.3 is 6.09 Å². The third-order valence-corrected chi connectivity index (χ3v) is 4.33. The zero-order valence-electron chi connectivity index (χ0n) is 12.5. The highest BCUT2D eigenvalue weighted by Crippen LogP contribution is 2.39. The molecule has 1 aromatic carbocycles. The van der Waals surface area contributed by atoms with E-state index in [1.54, 1.807) is 0 Å². The van der Waals surface area contributed by atoms with Crippen LogP contribution in [0, 0.1) is 5.92 Å². The van der Waals surface area contributed by atoms with Crippen molar-refractivity contribution in [3.05, 3.63) is 35.9 Å². The number of hydrogen-bond donors (Lipinski definition) is 0. The SMILES string of the molecule is CCOC(=O)N(Cc1ccccc1)CC1CCC2OC2C1. The maximum atomic E-state index is 12.2. The van der Waals surface area contributed by atoms with Crippen molar-refractivity contribution in [2.24, 2.45) is 5.92 Å². The second-order valence-corrected chi connectivity index (χ2v) is 5.96. The molecular formula is C17H23NO3. The summed E-state index contributed by atoms with van der Waals surface area (Å²) in [6, 6.07) is 10.1. The van der Waals surface area contributed by atoms with Crippen molar-refractivity contribution >= 4 is 6.09 Å². The van der Waals surface area contributed by atoms with E-state index >= 15 is 0 Å². The van der Waals surface area contributed by atoms with E-state index in [2.05, 4.69) is 0 Å². The Morgan fingerprint density at radius 3 is 2.81 bits per heavy atom. The van der Waals surface area contributed by atoms with Crippen LogP contribution in [0.2, 0.25) is 0 Å². The summed E-state index contributed by atoms with van der Waals surface area (Å²) in [7, 11) is 0. The van der Waals surface area contributed by atoms with Crippen LogP contribution < -0.4 is 0 Å². The van der Waals surface area contributed by atoms with Gasteiger partial charge in [-0.3, -0.25) is 0 Å². The Balaban J connectivity index is 1.62. The lowest BCUT2D eigenvalue weighted by Crippen LogP contribution is -2.36. The molecule has 1 aliphatic carbocycles. The Bertz CT molecular complexity index is 476. The average Bonchev–Trinajstić information content (AvgIpc) is 3.26. The van der Waals surface area contributed by atoms with Crippen LogP contribution in [0.1, 0.15) is 31.7 Å². The Kier molecular flexibility index (Phi) is 4.44. The summed E-state index contributed by atoms with van der Waals surface area (Å²) in [5.41, 5.74) is 1.14. The fourth-order valence-electron chi connectivity index (χ4n) is 3.19. The number of amides is 1. The first-order chi connectivity index (χ1) is 10.3. The lowest BCUT2D eigenvalue weighted by atomic mass is 9.89. The monoisotopic (exact) mass is 289 g/mol. The van der Waals surface area contributed by atoms with E-state index in [9.17, 15) is 4.79 Å². The van der Waals surface area contributed by atoms with E-state index in [0.29, 0.717) is 31.3 Å². The summed E-state index contributed by atoms with van der Waals surface area (Å²) in [5, 5.41) is 0. The number of epoxide rings is 1. The molecule has 1 amide bonds. The van der Waals surface area contributed by atoms with Gasteiger partial charge in [-0.25, -0.2) is 4.79 Å². The van der Waals surface area contributed by atoms with Gasteiger partial charge in [0.25, 0.3) is 0 Å². The van der Waals surface area contributed by atoms with Crippen LogP contribution in [0.4, 0.5) is 4.79 Å². The molecule has 1 saturated carbocycles. The Labute approximate surface area is 126 Å². The molecule has 0 spiro atoms. The van der Waals surface area contributed by atoms with Gasteiger partial charge in [0.15, 0.2) is 0 Å². The number of rotatable bonds is 5. The van der Waals surface area contributed by atoms with E-state index in [1.807, 2.05) is 42.2 Å². The number of fused-ring (bicyclic) bond motifs is 1. The van der Waals surface area contributed by atoms with Gasteiger partial charge in [0.1, 0.15) is 0 Å². The molecule has 2 fully saturated rings. The number of hydrogen-bond acceptors (Lipinski definition) is 3. The molecule has 0 N–H and O–H groups in total. The zero-order chi connectivity index (χ0) is 14.7. The van der Waals surface area contributed by atoms with Crippen LogP contribution in [-0.2, 0) is 16.0 Å². The minimum Gasteiger partial charge on any atom is -0.450 e. The van der Waals surface area contributed by atoms with Gasteiger partial charge in [0.2, 0.25) is 0 Å². The van der Waals surface area contributed by atoms with Crippen LogP contribution in [0.3, 0.4) is 0 Å². The molecular weight excluding hydrogens is 266 g/mol. The van der Waals surface area contributed by atoms with Gasteiger partial charge in [-0.1, -0.05) is 30.3 Å². The maximum Gasteiger partial charge on any atom is 0.410 e. The second kappa shape index (κ2) is 6.48. The van der Waals surface area contributed by atoms with Crippen molar-refractivity contribution in [3.8, 4) is 0 Å². The fourth-order valence-corrected chi connectivity index (χ4v) is 3.19. The molecule has 4 nitrogen and oxygen atoms in total. The predicted molar refractivity (Wildman–Crippen MR) is 79.9 cm³/mol. The van der Waals surface area contributed by atoms with Crippen LogP contribution in [-0.4, -0.2) is 36.4 Å². The van der Waals surface area contributed by atoms with Gasteiger partial charge in [-0.05, 0) is 37.7 Å². The van der Waals surface area contributed by atoms with Crippen molar-refractivity contribution in [3.63, 3.8) is 0 Å². The summed E-state index contributed by atoms with van der Waals surface area (Å²) in [5.74, 6) is 0.530. The summed E-state index contributed by atoms with van der Waals surface area (Å²) < 4.78 is 10.8. The zero-order valence-corrected chi connectivity index (χ0v) is 12.5. The number of carbonyl (C=O) groups excluding carboxylic acids is 1. The quantitative estimate of drug-likeness (QED) is 0.782. The summed E-state index contributed by atoms with van der Waals surface area (Å²) >= 11 is 0. The van der Waals surface area contributed by atoms with Gasteiger partial charge in [0.05, 0.1) is 18.8 Å². The first-order valence-corrected chi connectivity index (χ1v) is 7.87. The van der Waals surface area contributed by atoms with Crippen molar-refractivity contribution in [1.29, 1.82) is 0 Å². The number of ether oxygens (including phenoxy) is 2. The first-order valence-electron chi connectivity index (χ1n) is 7.87. The Morgan fingerprint density at radius 1 is 1.29 bits per heavy atom. The lowest BCUT2D eigenvalue weighted by molar-refractivity contribution is 0.0947. The summed E-state index contributed by atoms with van der Waals surface area (Å²) in [4.78, 5) is 14.0. The van der Waals surface area contributed by atoms with Crippen LogP contribution >= 0.6 is 0 Å². The number of benzene rings is 1. The molecule has 0 aromatic heterocycles. The van der Waals surface area contributed by atoms with Crippen LogP contribution in [0.5, 0.6) is 0 Å². The lowest BCUT2D eigenvalue weighted by Gasteiger charge is -2.28. The molecule has 2 aliphatic rings. The minimum absolute atomic E-state index is 0.208. The van der Waals surface area contributed by atoms with Gasteiger partial charge < -0.3 is 14.4 Å². The molecule has 1 saturated heterocycles. The second-order valence-electron chi connectivity index (χ2n) is 5.96. The molecule has 3 unspecified atom stereocenters. The normalized spacial score (nSPS) is 26.8. The van der Waals surface area contributed by atoms with E-state index in [-0.39, 0.29) is 6.09 Å². The number of nitrogens with zero attached hydrogens (tertiary/aromatic N) is 1. The van der Waals surface area contributed by atoms with Crippen molar-refractivity contribution in [2.45, 2.75) is 44.9 Å². The van der Waals surface area contributed by atoms with Gasteiger partial charge in [-0.2, -0.15) is 0 Å². The Hall–Kier alpha value is -1.55. The molecule has 0 bridgehead atoms. The average molecular weight is 289 g/mol. The van der Waals surface area contributed by atoms with Crippen molar-refractivity contribution < 1.29 is 14.3 Å². The van der Waals surface area contributed by atoms with E-state index in [0.717, 1.165) is 31.4 Å². The first kappa shape index (κ1) is 14.4. The molecule has 1 aliphatic heterocycles. The minimum atomic E-state index is -0.208. The molecule has 114 valence electrons. The fraction of sp³-hybridized carbons (Fsp3) is 0.588. The molecule has 1 aromatic rings. The molecule has 4 heteroatoms. The third kappa shape index (κ3) is 3.76. The maximum absolute atomic E-state index is 12.2. The van der Waals surface area contributed by atoms with Gasteiger partial charge in [0, 0.05) is 13.1 Å². The molecule has 0 radical (unpaired) electrons. The molecule has 3 rings (SSSR count). The smallest absolute Gasteiger partial charge is 0.410 e. The third-order valence-electron chi connectivity index (χ3n) is 4.33. The molecule has 1 heterocycles. The summed E-state index contributed by atoms with van der Waals surface area (Å²) in [6.07, 6.45) is 4.11. The highest BCUT2D eigenvalue weighted by atomic mass is 16.6. The summed E-state index contributed by atoms with van der Waals surface area (Å²) in [6.45, 7) is 3.65. The largest absolute Gasteiger partial charge is 0.450 e. The topological polar surface area (TPSA) is 42.1 Å². The molecule has 3 atom stereocenters. The van der Waals surface area contributed by atoms with Crippen molar-refractivity contribution in [2.75, 3.05) is 13.2 Å². The van der Waals surface area contributed by atoms with E-state index in [1.165, 1.54) is 0 Å². The highest BCUT2D eigenvalue weighted by molar-refractivity contribution is 5.67. The van der Waals surface area contributed by atoms with Crippen LogP contribution in [0.25, 0.3) is 0 Å². The van der Waals surface area contributed by atoms with Gasteiger partial charge in [-0.15, -0.1) is 0 Å². The van der Waals surface area contributed by atoms with Crippen molar-refractivity contribution in [1.82, 2.24) is 4.90 Å².